The Morgan fingerprint density at radius 3 is 2.44 bits per heavy atom. The predicted octanol–water partition coefficient (Wildman–Crippen LogP) is 0.944. The lowest BCUT2D eigenvalue weighted by molar-refractivity contribution is -0.101. The largest absolute Gasteiger partial charge is 0.496 e. The van der Waals surface area contributed by atoms with Gasteiger partial charge in [-0.2, -0.15) is 0 Å². The van der Waals surface area contributed by atoms with Crippen LogP contribution in [0.1, 0.15) is 19.4 Å². The van der Waals surface area contributed by atoms with E-state index in [9.17, 15) is 10.2 Å². The van der Waals surface area contributed by atoms with Gasteiger partial charge in [0, 0.05) is 13.0 Å². The number of hydrogen-bond acceptors (Lipinski definition) is 4. The van der Waals surface area contributed by atoms with E-state index in [1.165, 1.54) is 0 Å². The molecule has 102 valence electrons. The highest BCUT2D eigenvalue weighted by molar-refractivity contribution is 5.34. The molecule has 2 atom stereocenters. The number of aliphatic hydroxyl groups is 2. The van der Waals surface area contributed by atoms with Gasteiger partial charge in [0.25, 0.3) is 0 Å². The van der Waals surface area contributed by atoms with Gasteiger partial charge in [0.15, 0.2) is 0 Å². The Kier molecular flexibility index (Phi) is 5.14. The van der Waals surface area contributed by atoms with Gasteiger partial charge in [-0.1, -0.05) is 32.0 Å². The van der Waals surface area contributed by atoms with Crippen LogP contribution in [0.25, 0.3) is 0 Å². The second kappa shape index (κ2) is 6.18. The summed E-state index contributed by atoms with van der Waals surface area (Å²) in [4.78, 5) is 0. The second-order valence-electron chi connectivity index (χ2n) is 4.89. The molecule has 0 aliphatic rings. The van der Waals surface area contributed by atoms with E-state index in [0.29, 0.717) is 12.2 Å². The molecule has 2 unspecified atom stereocenters. The normalized spacial score (nSPS) is 16.4. The summed E-state index contributed by atoms with van der Waals surface area (Å²) in [5, 5.41) is 20.6. The molecule has 18 heavy (non-hydrogen) atoms. The highest BCUT2D eigenvalue weighted by Crippen LogP contribution is 2.30. The second-order valence-corrected chi connectivity index (χ2v) is 4.89. The van der Waals surface area contributed by atoms with Crippen molar-refractivity contribution < 1.29 is 14.9 Å². The maximum atomic E-state index is 10.6. The maximum absolute atomic E-state index is 10.6. The minimum atomic E-state index is -1.25. The number of para-hydroxylation sites is 1. The van der Waals surface area contributed by atoms with E-state index in [2.05, 4.69) is 0 Å². The average Bonchev–Trinajstić information content (AvgIpc) is 2.37. The summed E-state index contributed by atoms with van der Waals surface area (Å²) in [6.45, 7) is 3.77. The number of ether oxygens (including phenoxy) is 1. The van der Waals surface area contributed by atoms with E-state index in [4.69, 9.17) is 10.5 Å². The number of aliphatic hydroxyl groups excluding tert-OH is 1. The third-order valence-corrected chi connectivity index (χ3v) is 3.47. The minimum Gasteiger partial charge on any atom is -0.496 e. The molecule has 0 saturated heterocycles. The van der Waals surface area contributed by atoms with Gasteiger partial charge in [0.2, 0.25) is 0 Å². The van der Waals surface area contributed by atoms with E-state index < -0.39 is 11.7 Å². The van der Waals surface area contributed by atoms with Crippen molar-refractivity contribution in [2.45, 2.75) is 32.0 Å². The predicted molar refractivity (Wildman–Crippen MR) is 71.5 cm³/mol. The average molecular weight is 253 g/mol. The summed E-state index contributed by atoms with van der Waals surface area (Å²) in [6, 6.07) is 7.48. The number of nitrogens with two attached hydrogens (primary N) is 1. The first-order valence-electron chi connectivity index (χ1n) is 6.18. The zero-order valence-corrected chi connectivity index (χ0v) is 11.3. The molecule has 0 aliphatic carbocycles. The summed E-state index contributed by atoms with van der Waals surface area (Å²) in [6.07, 6.45) is -0.644. The summed E-state index contributed by atoms with van der Waals surface area (Å²) in [5.74, 6) is 0.599. The van der Waals surface area contributed by atoms with Gasteiger partial charge in [-0.25, -0.2) is 0 Å². The fraction of sp³-hybridized carbons (Fsp3) is 0.571. The number of rotatable bonds is 6. The lowest BCUT2D eigenvalue weighted by atomic mass is 9.79. The standard InChI is InChI=1S/C14H23NO3/c1-10(2)14(17,13(16)9-15)8-11-6-4-5-7-12(11)18-3/h4-7,10,13,16-17H,8-9,15H2,1-3H3. The molecule has 0 radical (unpaired) electrons. The fourth-order valence-electron chi connectivity index (χ4n) is 2.06. The molecule has 0 spiro atoms. The maximum Gasteiger partial charge on any atom is 0.122 e. The van der Waals surface area contributed by atoms with E-state index in [0.717, 1.165) is 5.56 Å². The topological polar surface area (TPSA) is 75.7 Å². The molecular weight excluding hydrogens is 230 g/mol. The zero-order valence-electron chi connectivity index (χ0n) is 11.3. The molecule has 0 bridgehead atoms. The van der Waals surface area contributed by atoms with E-state index >= 15 is 0 Å². The van der Waals surface area contributed by atoms with Crippen LogP contribution in [0, 0.1) is 5.92 Å². The third kappa shape index (κ3) is 3.02. The number of benzene rings is 1. The Hall–Kier alpha value is -1.10. The van der Waals surface area contributed by atoms with Gasteiger partial charge in [-0.15, -0.1) is 0 Å². The van der Waals surface area contributed by atoms with Crippen molar-refractivity contribution in [2.24, 2.45) is 11.7 Å². The van der Waals surface area contributed by atoms with Crippen LogP contribution in [0.5, 0.6) is 5.75 Å². The first-order valence-corrected chi connectivity index (χ1v) is 6.18. The molecule has 0 saturated carbocycles. The van der Waals surface area contributed by atoms with Crippen LogP contribution in [0.4, 0.5) is 0 Å². The Balaban J connectivity index is 3.04. The Morgan fingerprint density at radius 2 is 1.94 bits per heavy atom. The fourth-order valence-corrected chi connectivity index (χ4v) is 2.06. The van der Waals surface area contributed by atoms with Crippen molar-refractivity contribution in [1.82, 2.24) is 0 Å². The van der Waals surface area contributed by atoms with Crippen molar-refractivity contribution in [3.8, 4) is 5.75 Å². The van der Waals surface area contributed by atoms with Crippen molar-refractivity contribution in [2.75, 3.05) is 13.7 Å². The first-order chi connectivity index (χ1) is 8.45. The molecule has 4 heteroatoms. The highest BCUT2D eigenvalue weighted by atomic mass is 16.5. The minimum absolute atomic E-state index is 0.0316. The number of methoxy groups -OCH3 is 1. The summed E-state index contributed by atoms with van der Waals surface area (Å²) < 4.78 is 5.26. The van der Waals surface area contributed by atoms with Crippen molar-refractivity contribution in [3.05, 3.63) is 29.8 Å². The Bertz CT molecular complexity index is 381. The van der Waals surface area contributed by atoms with Crippen LogP contribution < -0.4 is 10.5 Å². The van der Waals surface area contributed by atoms with Crippen molar-refractivity contribution in [3.63, 3.8) is 0 Å². The van der Waals surface area contributed by atoms with Crippen LogP contribution in [0.15, 0.2) is 24.3 Å². The lowest BCUT2D eigenvalue weighted by Gasteiger charge is -2.36. The summed E-state index contributed by atoms with van der Waals surface area (Å²) in [5.41, 5.74) is 5.10. The SMILES string of the molecule is COc1ccccc1CC(O)(C(C)C)C(O)CN. The molecule has 0 fully saturated rings. The van der Waals surface area contributed by atoms with Crippen LogP contribution in [0.3, 0.4) is 0 Å². The molecule has 0 aliphatic heterocycles. The quantitative estimate of drug-likeness (QED) is 0.705. The molecular formula is C14H23NO3. The van der Waals surface area contributed by atoms with Gasteiger partial charge in [-0.3, -0.25) is 0 Å². The van der Waals surface area contributed by atoms with Crippen LogP contribution in [-0.4, -0.2) is 35.6 Å². The van der Waals surface area contributed by atoms with Crippen LogP contribution >= 0.6 is 0 Å². The highest BCUT2D eigenvalue weighted by Gasteiger charge is 2.38. The zero-order chi connectivity index (χ0) is 13.8. The monoisotopic (exact) mass is 253 g/mol. The molecule has 4 N–H and O–H groups in total. The van der Waals surface area contributed by atoms with Gasteiger partial charge in [0.1, 0.15) is 5.75 Å². The summed E-state index contributed by atoms with van der Waals surface area (Å²) in [7, 11) is 1.59. The van der Waals surface area contributed by atoms with Crippen LogP contribution in [-0.2, 0) is 6.42 Å². The van der Waals surface area contributed by atoms with Crippen molar-refractivity contribution in [1.29, 1.82) is 0 Å². The van der Waals surface area contributed by atoms with E-state index in [1.54, 1.807) is 7.11 Å². The van der Waals surface area contributed by atoms with Crippen LogP contribution in [0.2, 0.25) is 0 Å². The first kappa shape index (κ1) is 15.0. The van der Waals surface area contributed by atoms with Crippen molar-refractivity contribution >= 4 is 0 Å². The molecule has 1 aromatic carbocycles. The Morgan fingerprint density at radius 1 is 1.33 bits per heavy atom. The molecule has 0 amide bonds. The van der Waals surface area contributed by atoms with E-state index in [1.807, 2.05) is 38.1 Å². The molecule has 4 nitrogen and oxygen atoms in total. The van der Waals surface area contributed by atoms with Gasteiger partial charge < -0.3 is 20.7 Å². The smallest absolute Gasteiger partial charge is 0.122 e. The molecule has 0 heterocycles. The molecule has 1 aromatic rings. The number of hydrogen-bond donors (Lipinski definition) is 3. The van der Waals surface area contributed by atoms with Gasteiger partial charge in [0.05, 0.1) is 18.8 Å². The van der Waals surface area contributed by atoms with E-state index in [-0.39, 0.29) is 12.5 Å². The van der Waals surface area contributed by atoms with Gasteiger partial charge >= 0.3 is 0 Å². The molecule has 0 aromatic heterocycles. The Labute approximate surface area is 108 Å². The van der Waals surface area contributed by atoms with Gasteiger partial charge in [-0.05, 0) is 17.5 Å². The third-order valence-electron chi connectivity index (χ3n) is 3.47. The summed E-state index contributed by atoms with van der Waals surface area (Å²) >= 11 is 0. The lowest BCUT2D eigenvalue weighted by Crippen LogP contribution is -2.52. The molecule has 1 rings (SSSR count).